The van der Waals surface area contributed by atoms with E-state index in [0.29, 0.717) is 12.0 Å². The predicted octanol–water partition coefficient (Wildman–Crippen LogP) is 3.40. The van der Waals surface area contributed by atoms with Gasteiger partial charge in [-0.2, -0.15) is 0 Å². The summed E-state index contributed by atoms with van der Waals surface area (Å²) < 4.78 is -0.505. The molecular formula is C14H16O2S. The monoisotopic (exact) mass is 248 g/mol. The largest absolute Gasteiger partial charge is 0.510 e. The average Bonchev–Trinajstić information content (AvgIpc) is 2.43. The van der Waals surface area contributed by atoms with E-state index in [1.165, 1.54) is 17.3 Å². The van der Waals surface area contributed by atoms with Crippen molar-refractivity contribution < 1.29 is 9.90 Å². The number of carbonyl (C=O) groups is 1. The first-order valence-corrected chi connectivity index (χ1v) is 6.43. The normalized spacial score (nSPS) is 24.5. The number of benzene rings is 1. The van der Waals surface area contributed by atoms with Crippen molar-refractivity contribution in [2.75, 3.05) is 0 Å². The van der Waals surface area contributed by atoms with E-state index in [2.05, 4.69) is 6.07 Å². The Morgan fingerprint density at radius 3 is 2.59 bits per heavy atom. The van der Waals surface area contributed by atoms with E-state index in [1.54, 1.807) is 6.92 Å². The van der Waals surface area contributed by atoms with Crippen LogP contribution in [-0.2, 0) is 11.2 Å². The molecule has 17 heavy (non-hydrogen) atoms. The summed E-state index contributed by atoms with van der Waals surface area (Å²) in [6.45, 7) is 5.65. The number of thioether (sulfide) groups is 1. The van der Waals surface area contributed by atoms with E-state index >= 15 is 0 Å². The minimum absolute atomic E-state index is 0.0161. The van der Waals surface area contributed by atoms with E-state index in [-0.39, 0.29) is 10.9 Å². The van der Waals surface area contributed by atoms with Gasteiger partial charge in [-0.25, -0.2) is 0 Å². The first kappa shape index (κ1) is 12.2. The molecule has 1 aromatic rings. The molecule has 0 spiro atoms. The first-order chi connectivity index (χ1) is 7.92. The van der Waals surface area contributed by atoms with Crippen LogP contribution in [0.4, 0.5) is 0 Å². The fraction of sp³-hybridized carbons (Fsp3) is 0.357. The number of rotatable bonds is 2. The van der Waals surface area contributed by atoms with E-state index < -0.39 is 4.75 Å². The average molecular weight is 248 g/mol. The molecule has 0 radical (unpaired) electrons. The van der Waals surface area contributed by atoms with Gasteiger partial charge in [0.05, 0.1) is 4.75 Å². The van der Waals surface area contributed by atoms with Gasteiger partial charge >= 0.3 is 0 Å². The molecule has 1 unspecified atom stereocenters. The number of hydrogen-bond donors (Lipinski definition) is 1. The van der Waals surface area contributed by atoms with E-state index in [9.17, 15) is 9.90 Å². The smallest absolute Gasteiger partial charge is 0.219 e. The van der Waals surface area contributed by atoms with Crippen LogP contribution < -0.4 is 0 Å². The summed E-state index contributed by atoms with van der Waals surface area (Å²) in [5.74, 6) is 0.231. The van der Waals surface area contributed by atoms with Crippen molar-refractivity contribution in [3.8, 4) is 0 Å². The third-order valence-electron chi connectivity index (χ3n) is 3.10. The van der Waals surface area contributed by atoms with Gasteiger partial charge in [-0.1, -0.05) is 41.6 Å². The van der Waals surface area contributed by atoms with Gasteiger partial charge in [-0.05, 0) is 32.8 Å². The zero-order chi connectivity index (χ0) is 12.6. The molecule has 2 rings (SSSR count). The van der Waals surface area contributed by atoms with Crippen LogP contribution >= 0.6 is 11.8 Å². The SMILES string of the molecule is CC1=C(O)C(C)(Cc2cccc(C)c2)SC1=O. The summed E-state index contributed by atoms with van der Waals surface area (Å²) in [5, 5.41) is 10.0. The van der Waals surface area contributed by atoms with Crippen LogP contribution in [0, 0.1) is 6.92 Å². The van der Waals surface area contributed by atoms with Gasteiger partial charge in [0.2, 0.25) is 5.12 Å². The molecule has 0 fully saturated rings. The van der Waals surface area contributed by atoms with Gasteiger partial charge in [0.1, 0.15) is 5.76 Å². The molecular weight excluding hydrogens is 232 g/mol. The Morgan fingerprint density at radius 1 is 1.35 bits per heavy atom. The van der Waals surface area contributed by atoms with Crippen molar-refractivity contribution >= 4 is 16.9 Å². The number of aliphatic hydroxyl groups is 1. The lowest BCUT2D eigenvalue weighted by Crippen LogP contribution is -2.23. The topological polar surface area (TPSA) is 37.3 Å². The number of aryl methyl sites for hydroxylation is 1. The van der Waals surface area contributed by atoms with Gasteiger partial charge < -0.3 is 5.11 Å². The Balaban J connectivity index is 2.28. The summed E-state index contributed by atoms with van der Waals surface area (Å²) in [5.41, 5.74) is 2.83. The highest BCUT2D eigenvalue weighted by atomic mass is 32.2. The van der Waals surface area contributed by atoms with Crippen molar-refractivity contribution in [2.24, 2.45) is 0 Å². The maximum atomic E-state index is 11.6. The molecule has 1 aliphatic rings. The highest BCUT2D eigenvalue weighted by Gasteiger charge is 2.41. The van der Waals surface area contributed by atoms with Gasteiger partial charge in [-0.15, -0.1) is 0 Å². The highest BCUT2D eigenvalue weighted by Crippen LogP contribution is 2.44. The molecule has 1 aliphatic heterocycles. The van der Waals surface area contributed by atoms with Crippen molar-refractivity contribution in [3.63, 3.8) is 0 Å². The lowest BCUT2D eigenvalue weighted by molar-refractivity contribution is -0.107. The van der Waals surface area contributed by atoms with E-state index in [1.807, 2.05) is 32.0 Å². The highest BCUT2D eigenvalue weighted by molar-refractivity contribution is 8.15. The fourth-order valence-electron chi connectivity index (χ4n) is 2.15. The summed E-state index contributed by atoms with van der Waals surface area (Å²) in [4.78, 5) is 11.6. The molecule has 0 bridgehead atoms. The predicted molar refractivity (Wildman–Crippen MR) is 71.2 cm³/mol. The molecule has 0 amide bonds. The summed E-state index contributed by atoms with van der Waals surface area (Å²) in [6.07, 6.45) is 0.675. The van der Waals surface area contributed by atoms with Crippen LogP contribution in [0.3, 0.4) is 0 Å². The molecule has 1 heterocycles. The number of carbonyl (C=O) groups excluding carboxylic acids is 1. The van der Waals surface area contributed by atoms with E-state index in [4.69, 9.17) is 0 Å². The molecule has 2 nitrogen and oxygen atoms in total. The second kappa shape index (κ2) is 4.22. The molecule has 1 atom stereocenters. The zero-order valence-corrected chi connectivity index (χ0v) is 11.1. The standard InChI is InChI=1S/C14H16O2S/c1-9-5-4-6-11(7-9)8-14(3)12(15)10(2)13(16)17-14/h4-7,15H,8H2,1-3H3. The van der Waals surface area contributed by atoms with Crippen LogP contribution in [0.1, 0.15) is 25.0 Å². The van der Waals surface area contributed by atoms with Gasteiger partial charge in [0.25, 0.3) is 0 Å². The lowest BCUT2D eigenvalue weighted by Gasteiger charge is -2.22. The summed E-state index contributed by atoms with van der Waals surface area (Å²) >= 11 is 1.22. The summed E-state index contributed by atoms with van der Waals surface area (Å²) in [6, 6.07) is 8.17. The van der Waals surface area contributed by atoms with Crippen LogP contribution in [0.2, 0.25) is 0 Å². The van der Waals surface area contributed by atoms with Crippen molar-refractivity contribution in [2.45, 2.75) is 31.9 Å². The van der Waals surface area contributed by atoms with Crippen molar-refractivity contribution in [1.29, 1.82) is 0 Å². The summed E-state index contributed by atoms with van der Waals surface area (Å²) in [7, 11) is 0. The quantitative estimate of drug-likeness (QED) is 0.871. The third kappa shape index (κ3) is 2.25. The Hall–Kier alpha value is -1.22. The third-order valence-corrected chi connectivity index (χ3v) is 4.38. The van der Waals surface area contributed by atoms with Crippen LogP contribution in [-0.4, -0.2) is 15.0 Å². The molecule has 0 saturated carbocycles. The Bertz CT molecular complexity index is 505. The Morgan fingerprint density at radius 2 is 2.06 bits per heavy atom. The minimum atomic E-state index is -0.505. The number of aliphatic hydroxyl groups excluding tert-OH is 1. The first-order valence-electron chi connectivity index (χ1n) is 5.61. The van der Waals surface area contributed by atoms with E-state index in [0.717, 1.165) is 5.56 Å². The molecule has 3 heteroatoms. The van der Waals surface area contributed by atoms with Gasteiger partial charge in [0, 0.05) is 5.57 Å². The lowest BCUT2D eigenvalue weighted by atomic mass is 9.95. The minimum Gasteiger partial charge on any atom is -0.510 e. The number of hydrogen-bond acceptors (Lipinski definition) is 3. The van der Waals surface area contributed by atoms with Crippen LogP contribution in [0.5, 0.6) is 0 Å². The maximum Gasteiger partial charge on any atom is 0.219 e. The van der Waals surface area contributed by atoms with Gasteiger partial charge in [0.15, 0.2) is 0 Å². The molecule has 0 aromatic heterocycles. The second-order valence-electron chi connectivity index (χ2n) is 4.76. The van der Waals surface area contributed by atoms with Gasteiger partial charge in [-0.3, -0.25) is 4.79 Å². The zero-order valence-electron chi connectivity index (χ0n) is 10.3. The molecule has 90 valence electrons. The molecule has 0 saturated heterocycles. The molecule has 1 aromatic carbocycles. The van der Waals surface area contributed by atoms with Crippen LogP contribution in [0.15, 0.2) is 35.6 Å². The van der Waals surface area contributed by atoms with Crippen LogP contribution in [0.25, 0.3) is 0 Å². The van der Waals surface area contributed by atoms with Crippen molar-refractivity contribution in [1.82, 2.24) is 0 Å². The van der Waals surface area contributed by atoms with Crippen molar-refractivity contribution in [3.05, 3.63) is 46.7 Å². The fourth-order valence-corrected chi connectivity index (χ4v) is 3.30. The second-order valence-corrected chi connectivity index (χ2v) is 6.24. The Labute approximate surface area is 106 Å². The molecule has 1 N–H and O–H groups in total. The molecule has 0 aliphatic carbocycles. The Kier molecular flexibility index (Phi) is 3.04. The maximum absolute atomic E-state index is 11.6.